The number of nitrogens with zero attached hydrogens (tertiary/aromatic N) is 1. The van der Waals surface area contributed by atoms with Gasteiger partial charge in [0.15, 0.2) is 0 Å². The van der Waals surface area contributed by atoms with Gasteiger partial charge in [-0.15, -0.1) is 0 Å². The lowest BCUT2D eigenvalue weighted by Gasteiger charge is -2.09. The van der Waals surface area contributed by atoms with E-state index in [0.717, 1.165) is 12.1 Å². The fourth-order valence-corrected chi connectivity index (χ4v) is 1.62. The van der Waals surface area contributed by atoms with Gasteiger partial charge in [-0.3, -0.25) is 10.1 Å². The maximum Gasteiger partial charge on any atom is 0.315 e. The lowest BCUT2D eigenvalue weighted by Crippen LogP contribution is -2.03. The van der Waals surface area contributed by atoms with Crippen LogP contribution in [-0.4, -0.2) is 4.92 Å². The summed E-state index contributed by atoms with van der Waals surface area (Å²) in [4.78, 5) is 10.2. The lowest BCUT2D eigenvalue weighted by atomic mass is 10.2. The molecule has 7 heteroatoms. The predicted octanol–water partition coefficient (Wildman–Crippen LogP) is 3.20. The number of hydrogen-bond acceptors (Lipinski definition) is 4. The van der Waals surface area contributed by atoms with E-state index in [1.165, 1.54) is 24.3 Å². The second kappa shape index (κ2) is 4.89. The van der Waals surface area contributed by atoms with E-state index in [1.807, 2.05) is 0 Å². The van der Waals surface area contributed by atoms with Gasteiger partial charge in [-0.25, -0.2) is 8.78 Å². The minimum atomic E-state index is -0.850. The fraction of sp³-hybridized carbons (Fsp3) is 0. The Morgan fingerprint density at radius 2 is 1.68 bits per heavy atom. The second-order valence-electron chi connectivity index (χ2n) is 3.72. The molecule has 2 aromatic rings. The molecule has 2 rings (SSSR count). The number of nitrogens with one attached hydrogen (secondary N) is 1. The smallest absolute Gasteiger partial charge is 0.315 e. The minimum Gasteiger partial charge on any atom is -0.393 e. The summed E-state index contributed by atoms with van der Waals surface area (Å²) in [7, 11) is 0. The summed E-state index contributed by atoms with van der Waals surface area (Å²) in [5.74, 6) is -1.70. The van der Waals surface area contributed by atoms with Gasteiger partial charge in [-0.05, 0) is 24.3 Å². The molecule has 0 atom stereocenters. The Bertz CT molecular complexity index is 627. The number of nitrogen functional groups attached to an aromatic ring is 1. The van der Waals surface area contributed by atoms with Crippen molar-refractivity contribution in [2.24, 2.45) is 0 Å². The molecule has 0 fully saturated rings. The van der Waals surface area contributed by atoms with E-state index in [9.17, 15) is 18.9 Å². The van der Waals surface area contributed by atoms with Gasteiger partial charge in [0.2, 0.25) is 0 Å². The van der Waals surface area contributed by atoms with Crippen molar-refractivity contribution in [3.63, 3.8) is 0 Å². The molecule has 2 aromatic carbocycles. The molecule has 98 valence electrons. The largest absolute Gasteiger partial charge is 0.393 e. The second-order valence-corrected chi connectivity index (χ2v) is 3.72. The van der Waals surface area contributed by atoms with Crippen molar-refractivity contribution in [3.8, 4) is 0 Å². The summed E-state index contributed by atoms with van der Waals surface area (Å²) in [5.41, 5.74) is 4.43. The number of halogens is 2. The first-order valence-corrected chi connectivity index (χ1v) is 5.24. The fourth-order valence-electron chi connectivity index (χ4n) is 1.62. The van der Waals surface area contributed by atoms with Crippen LogP contribution in [0.3, 0.4) is 0 Å². The molecule has 0 aliphatic carbocycles. The van der Waals surface area contributed by atoms with Crippen molar-refractivity contribution >= 4 is 22.7 Å². The number of benzene rings is 2. The normalized spacial score (nSPS) is 10.2. The van der Waals surface area contributed by atoms with Crippen LogP contribution < -0.4 is 11.1 Å². The molecule has 0 unspecified atom stereocenters. The SMILES string of the molecule is Nc1cccc(Nc2c(F)cccc2F)c1[N+](=O)[O-]. The van der Waals surface area contributed by atoms with Crippen molar-refractivity contribution in [3.05, 3.63) is 58.1 Å². The Labute approximate surface area is 106 Å². The zero-order chi connectivity index (χ0) is 14.0. The lowest BCUT2D eigenvalue weighted by molar-refractivity contribution is -0.383. The molecule has 0 heterocycles. The van der Waals surface area contributed by atoms with Crippen LogP contribution in [0.1, 0.15) is 0 Å². The van der Waals surface area contributed by atoms with E-state index in [4.69, 9.17) is 5.73 Å². The molecule has 3 N–H and O–H groups in total. The standard InChI is InChI=1S/C12H9F2N3O2/c13-7-3-1-4-8(14)11(7)16-10-6-2-5-9(15)12(10)17(18)19/h1-6,16H,15H2. The van der Waals surface area contributed by atoms with Crippen molar-refractivity contribution in [1.82, 2.24) is 0 Å². The topological polar surface area (TPSA) is 81.2 Å². The van der Waals surface area contributed by atoms with Crippen molar-refractivity contribution in [2.75, 3.05) is 11.1 Å². The van der Waals surface area contributed by atoms with Crippen molar-refractivity contribution in [2.45, 2.75) is 0 Å². The number of anilines is 3. The van der Waals surface area contributed by atoms with Crippen LogP contribution in [0.2, 0.25) is 0 Å². The molecular weight excluding hydrogens is 256 g/mol. The summed E-state index contributed by atoms with van der Waals surface area (Å²) in [6.07, 6.45) is 0. The van der Waals surface area contributed by atoms with Gasteiger partial charge in [0.25, 0.3) is 0 Å². The van der Waals surface area contributed by atoms with Crippen LogP contribution in [0, 0.1) is 21.7 Å². The highest BCUT2D eigenvalue weighted by Gasteiger charge is 2.19. The monoisotopic (exact) mass is 265 g/mol. The molecule has 0 saturated heterocycles. The Morgan fingerprint density at radius 3 is 2.26 bits per heavy atom. The minimum absolute atomic E-state index is 0.0750. The van der Waals surface area contributed by atoms with Gasteiger partial charge < -0.3 is 11.1 Å². The molecule has 0 spiro atoms. The van der Waals surface area contributed by atoms with E-state index >= 15 is 0 Å². The first-order valence-electron chi connectivity index (χ1n) is 5.24. The molecule has 0 aromatic heterocycles. The Hall–Kier alpha value is -2.70. The third kappa shape index (κ3) is 2.44. The molecule has 0 amide bonds. The third-order valence-electron chi connectivity index (χ3n) is 2.47. The van der Waals surface area contributed by atoms with Crippen LogP contribution in [0.5, 0.6) is 0 Å². The molecule has 0 saturated carbocycles. The Kier molecular flexibility index (Phi) is 3.28. The summed E-state index contributed by atoms with van der Waals surface area (Å²) < 4.78 is 26.9. The zero-order valence-corrected chi connectivity index (χ0v) is 9.56. The summed E-state index contributed by atoms with van der Waals surface area (Å²) >= 11 is 0. The maximum absolute atomic E-state index is 13.5. The molecule has 0 radical (unpaired) electrons. The highest BCUT2D eigenvalue weighted by Crippen LogP contribution is 2.34. The molecule has 0 bridgehead atoms. The first kappa shape index (κ1) is 12.7. The van der Waals surface area contributed by atoms with Crippen molar-refractivity contribution in [1.29, 1.82) is 0 Å². The first-order chi connectivity index (χ1) is 9.00. The van der Waals surface area contributed by atoms with Gasteiger partial charge in [0.05, 0.1) is 4.92 Å². The van der Waals surface area contributed by atoms with E-state index in [2.05, 4.69) is 5.32 Å². The number of hydrogen-bond donors (Lipinski definition) is 2. The molecular formula is C12H9F2N3O2. The number of para-hydroxylation sites is 2. The number of nitro benzene ring substituents is 1. The maximum atomic E-state index is 13.5. The third-order valence-corrected chi connectivity index (χ3v) is 2.47. The molecule has 5 nitrogen and oxygen atoms in total. The average molecular weight is 265 g/mol. The Balaban J connectivity index is 2.50. The van der Waals surface area contributed by atoms with Crippen LogP contribution in [-0.2, 0) is 0 Å². The summed E-state index contributed by atoms with van der Waals surface area (Å²) in [6, 6.07) is 7.39. The molecule has 19 heavy (non-hydrogen) atoms. The quantitative estimate of drug-likeness (QED) is 0.507. The number of nitrogens with two attached hydrogens (primary N) is 1. The van der Waals surface area contributed by atoms with E-state index in [-0.39, 0.29) is 11.4 Å². The van der Waals surface area contributed by atoms with Gasteiger partial charge in [0.1, 0.15) is 28.7 Å². The Morgan fingerprint density at radius 1 is 1.11 bits per heavy atom. The zero-order valence-electron chi connectivity index (χ0n) is 9.56. The molecule has 0 aliphatic rings. The van der Waals surface area contributed by atoms with Crippen LogP contribution in [0.4, 0.5) is 31.5 Å². The summed E-state index contributed by atoms with van der Waals surface area (Å²) in [5, 5.41) is 13.3. The highest BCUT2D eigenvalue weighted by atomic mass is 19.1. The van der Waals surface area contributed by atoms with Crippen molar-refractivity contribution < 1.29 is 13.7 Å². The predicted molar refractivity (Wildman–Crippen MR) is 67.1 cm³/mol. The van der Waals surface area contributed by atoms with E-state index in [0.29, 0.717) is 0 Å². The number of nitro groups is 1. The van der Waals surface area contributed by atoms with Crippen LogP contribution in [0.15, 0.2) is 36.4 Å². The molecule has 0 aliphatic heterocycles. The van der Waals surface area contributed by atoms with Gasteiger partial charge in [0, 0.05) is 0 Å². The van der Waals surface area contributed by atoms with Crippen LogP contribution >= 0.6 is 0 Å². The van der Waals surface area contributed by atoms with Gasteiger partial charge in [-0.2, -0.15) is 0 Å². The average Bonchev–Trinajstić information content (AvgIpc) is 2.33. The highest BCUT2D eigenvalue weighted by molar-refractivity contribution is 5.78. The summed E-state index contributed by atoms with van der Waals surface area (Å²) in [6.45, 7) is 0. The van der Waals surface area contributed by atoms with E-state index < -0.39 is 27.9 Å². The number of rotatable bonds is 3. The van der Waals surface area contributed by atoms with Gasteiger partial charge in [-0.1, -0.05) is 12.1 Å². The van der Waals surface area contributed by atoms with Gasteiger partial charge >= 0.3 is 5.69 Å². The van der Waals surface area contributed by atoms with E-state index in [1.54, 1.807) is 0 Å². The van der Waals surface area contributed by atoms with Crippen LogP contribution in [0.25, 0.3) is 0 Å².